The minimum Gasteiger partial charge on any atom is -0.358 e. The van der Waals surface area contributed by atoms with E-state index in [4.69, 9.17) is 6.42 Å². The van der Waals surface area contributed by atoms with E-state index >= 15 is 0 Å². The van der Waals surface area contributed by atoms with Gasteiger partial charge in [-0.3, -0.25) is 19.2 Å². The number of nitrogens with zero attached hydrogens (tertiary/aromatic N) is 2. The third-order valence-electron chi connectivity index (χ3n) is 3.50. The largest absolute Gasteiger partial charge is 0.358 e. The van der Waals surface area contributed by atoms with Crippen LogP contribution in [0.4, 0.5) is 11.4 Å². The summed E-state index contributed by atoms with van der Waals surface area (Å²) in [6, 6.07) is 10.9. The van der Waals surface area contributed by atoms with Crippen molar-refractivity contribution in [2.24, 2.45) is 0 Å². The van der Waals surface area contributed by atoms with Crippen LogP contribution in [-0.2, 0) is 14.8 Å². The number of carbonyl (C=O) groups is 1. The molecule has 0 aliphatic carbocycles. The van der Waals surface area contributed by atoms with Crippen molar-refractivity contribution in [3.8, 4) is 12.3 Å². The van der Waals surface area contributed by atoms with E-state index in [1.807, 2.05) is 0 Å². The maximum atomic E-state index is 13.1. The van der Waals surface area contributed by atoms with Gasteiger partial charge in [-0.15, -0.1) is 6.42 Å². The molecule has 0 saturated carbocycles. The normalized spacial score (nSPS) is 10.6. The molecule has 2 aromatic carbocycles. The van der Waals surface area contributed by atoms with Gasteiger partial charge in [-0.1, -0.05) is 24.1 Å². The molecule has 1 N–H and O–H groups in total. The third kappa shape index (κ3) is 3.81. The summed E-state index contributed by atoms with van der Waals surface area (Å²) in [5.41, 5.74) is -0.0492. The molecule has 1 amide bonds. The van der Waals surface area contributed by atoms with Gasteiger partial charge in [-0.05, 0) is 24.3 Å². The van der Waals surface area contributed by atoms with Crippen molar-refractivity contribution >= 4 is 27.3 Å². The fourth-order valence-corrected chi connectivity index (χ4v) is 3.79. The Labute approximate surface area is 150 Å². The molecule has 0 fully saturated rings. The van der Waals surface area contributed by atoms with Gasteiger partial charge in [0, 0.05) is 18.7 Å². The topological polar surface area (TPSA) is 110 Å². The molecule has 9 heteroatoms. The summed E-state index contributed by atoms with van der Waals surface area (Å²) in [5, 5.41) is 13.6. The van der Waals surface area contributed by atoms with Crippen LogP contribution in [0.3, 0.4) is 0 Å². The number of para-hydroxylation sites is 1. The lowest BCUT2D eigenvalue weighted by molar-refractivity contribution is -0.387. The zero-order valence-electron chi connectivity index (χ0n) is 13.7. The third-order valence-corrected chi connectivity index (χ3v) is 5.32. The molecule has 0 aromatic heterocycles. The van der Waals surface area contributed by atoms with Crippen molar-refractivity contribution in [2.75, 3.05) is 17.9 Å². The van der Waals surface area contributed by atoms with E-state index in [1.54, 1.807) is 6.07 Å². The number of nitro benzene ring substituents is 1. The Balaban J connectivity index is 2.66. The quantitative estimate of drug-likeness (QED) is 0.469. The second-order valence-electron chi connectivity index (χ2n) is 5.10. The van der Waals surface area contributed by atoms with Crippen LogP contribution in [0.25, 0.3) is 0 Å². The van der Waals surface area contributed by atoms with Gasteiger partial charge in [0.2, 0.25) is 5.91 Å². The fraction of sp³-hybridized carbons (Fsp3) is 0.118. The van der Waals surface area contributed by atoms with E-state index in [2.05, 4.69) is 11.2 Å². The standard InChI is InChI=1S/C17H15N3O5S/c1-3-13-7-6-8-14(11-13)19(12-17(21)18-2)26(24,25)16-10-5-4-9-15(16)20(22)23/h1,4-11H,12H2,2H3,(H,18,21). The summed E-state index contributed by atoms with van der Waals surface area (Å²) in [4.78, 5) is 21.8. The first-order chi connectivity index (χ1) is 12.3. The number of likely N-dealkylation sites (N-methyl/N-ethyl adjacent to an activating group) is 1. The van der Waals surface area contributed by atoms with Crippen LogP contribution in [0.5, 0.6) is 0 Å². The molecule has 0 spiro atoms. The number of hydrogen-bond donors (Lipinski definition) is 1. The lowest BCUT2D eigenvalue weighted by atomic mass is 10.2. The number of terminal acetylenes is 1. The molecule has 0 aliphatic heterocycles. The van der Waals surface area contributed by atoms with Gasteiger partial charge in [0.1, 0.15) is 6.54 Å². The van der Waals surface area contributed by atoms with E-state index < -0.39 is 38.0 Å². The molecular formula is C17H15N3O5S. The maximum absolute atomic E-state index is 13.1. The van der Waals surface area contributed by atoms with E-state index in [1.165, 1.54) is 37.4 Å². The Morgan fingerprint density at radius 1 is 1.27 bits per heavy atom. The molecule has 26 heavy (non-hydrogen) atoms. The second kappa shape index (κ2) is 7.67. The van der Waals surface area contributed by atoms with Crippen LogP contribution in [-0.4, -0.2) is 32.8 Å². The van der Waals surface area contributed by atoms with Crippen molar-refractivity contribution < 1.29 is 18.1 Å². The molecule has 0 bridgehead atoms. The van der Waals surface area contributed by atoms with Crippen LogP contribution in [0.1, 0.15) is 5.56 Å². The summed E-state index contributed by atoms with van der Waals surface area (Å²) in [5.74, 6) is 1.80. The highest BCUT2D eigenvalue weighted by molar-refractivity contribution is 7.93. The van der Waals surface area contributed by atoms with Crippen molar-refractivity contribution in [1.29, 1.82) is 0 Å². The Bertz CT molecular complexity index is 995. The molecule has 0 unspecified atom stereocenters. The molecule has 8 nitrogen and oxygen atoms in total. The van der Waals surface area contributed by atoms with Crippen molar-refractivity contribution in [1.82, 2.24) is 5.32 Å². The Hall–Kier alpha value is -3.38. The van der Waals surface area contributed by atoms with Gasteiger partial charge in [-0.2, -0.15) is 0 Å². The van der Waals surface area contributed by atoms with Crippen LogP contribution in [0.15, 0.2) is 53.4 Å². The van der Waals surface area contributed by atoms with Crippen LogP contribution >= 0.6 is 0 Å². The van der Waals surface area contributed by atoms with Crippen molar-refractivity contribution in [2.45, 2.75) is 4.90 Å². The van der Waals surface area contributed by atoms with Crippen LogP contribution in [0, 0.1) is 22.5 Å². The number of nitrogens with one attached hydrogen (secondary N) is 1. The number of nitro groups is 1. The fourth-order valence-electron chi connectivity index (χ4n) is 2.22. The summed E-state index contributed by atoms with van der Waals surface area (Å²) in [6.07, 6.45) is 5.34. The molecule has 0 saturated heterocycles. The molecule has 0 heterocycles. The van der Waals surface area contributed by atoms with E-state index in [9.17, 15) is 23.3 Å². The van der Waals surface area contributed by atoms with E-state index in [-0.39, 0.29) is 5.69 Å². The first kappa shape index (κ1) is 19.0. The highest BCUT2D eigenvalue weighted by Crippen LogP contribution is 2.30. The Kier molecular flexibility index (Phi) is 5.59. The maximum Gasteiger partial charge on any atom is 0.289 e. The summed E-state index contributed by atoms with van der Waals surface area (Å²) in [6.45, 7) is -0.557. The minimum atomic E-state index is -4.40. The molecule has 0 aliphatic rings. The highest BCUT2D eigenvalue weighted by Gasteiger charge is 2.32. The summed E-state index contributed by atoms with van der Waals surface area (Å²) < 4.78 is 27.0. The molecular weight excluding hydrogens is 358 g/mol. The lowest BCUT2D eigenvalue weighted by Crippen LogP contribution is -2.40. The molecule has 2 aromatic rings. The van der Waals surface area contributed by atoms with Crippen LogP contribution < -0.4 is 9.62 Å². The van der Waals surface area contributed by atoms with Crippen LogP contribution in [0.2, 0.25) is 0 Å². The average molecular weight is 373 g/mol. The SMILES string of the molecule is C#Cc1cccc(N(CC(=O)NC)S(=O)(=O)c2ccccc2[N+](=O)[O-])c1. The Morgan fingerprint density at radius 2 is 1.96 bits per heavy atom. The number of hydrogen-bond acceptors (Lipinski definition) is 5. The van der Waals surface area contributed by atoms with Gasteiger partial charge in [0.05, 0.1) is 10.6 Å². The second-order valence-corrected chi connectivity index (χ2v) is 6.94. The zero-order valence-corrected chi connectivity index (χ0v) is 14.6. The van der Waals surface area contributed by atoms with Crippen molar-refractivity contribution in [3.05, 3.63) is 64.2 Å². The summed E-state index contributed by atoms with van der Waals surface area (Å²) in [7, 11) is -3.04. The first-order valence-corrected chi connectivity index (χ1v) is 8.78. The smallest absolute Gasteiger partial charge is 0.289 e. The molecule has 2 rings (SSSR count). The van der Waals surface area contributed by atoms with Gasteiger partial charge >= 0.3 is 0 Å². The summed E-state index contributed by atoms with van der Waals surface area (Å²) >= 11 is 0. The molecule has 0 radical (unpaired) electrons. The molecule has 134 valence electrons. The van der Waals surface area contributed by atoms with Gasteiger partial charge in [-0.25, -0.2) is 8.42 Å². The van der Waals surface area contributed by atoms with Gasteiger partial charge in [0.15, 0.2) is 4.90 Å². The van der Waals surface area contributed by atoms with Gasteiger partial charge < -0.3 is 5.32 Å². The average Bonchev–Trinajstić information content (AvgIpc) is 2.65. The first-order valence-electron chi connectivity index (χ1n) is 7.34. The number of benzene rings is 2. The Morgan fingerprint density at radius 3 is 2.58 bits per heavy atom. The highest BCUT2D eigenvalue weighted by atomic mass is 32.2. The number of rotatable bonds is 6. The predicted octanol–water partition coefficient (Wildman–Crippen LogP) is 1.52. The predicted molar refractivity (Wildman–Crippen MR) is 96.1 cm³/mol. The van der Waals surface area contributed by atoms with E-state index in [0.29, 0.717) is 5.56 Å². The number of sulfonamides is 1. The molecule has 0 atom stereocenters. The van der Waals surface area contributed by atoms with Gasteiger partial charge in [0.25, 0.3) is 15.7 Å². The number of amides is 1. The lowest BCUT2D eigenvalue weighted by Gasteiger charge is -2.23. The number of carbonyl (C=O) groups excluding carboxylic acids is 1. The zero-order chi connectivity index (χ0) is 19.3. The van der Waals surface area contributed by atoms with Crippen molar-refractivity contribution in [3.63, 3.8) is 0 Å². The number of anilines is 1. The van der Waals surface area contributed by atoms with E-state index in [0.717, 1.165) is 16.4 Å². The monoisotopic (exact) mass is 373 g/mol. The minimum absolute atomic E-state index is 0.127.